The molecule has 20 heavy (non-hydrogen) atoms. The molecule has 0 bridgehead atoms. The average molecular weight is 270 g/mol. The number of aromatic nitrogens is 2. The number of fused-ring (bicyclic) bond motifs is 1. The molecule has 1 aromatic carbocycles. The van der Waals surface area contributed by atoms with E-state index in [0.717, 1.165) is 24.4 Å². The lowest BCUT2D eigenvalue weighted by Gasteiger charge is -2.26. The van der Waals surface area contributed by atoms with Crippen molar-refractivity contribution in [2.45, 2.75) is 51.7 Å². The van der Waals surface area contributed by atoms with Crippen LogP contribution in [0.15, 0.2) is 30.6 Å². The molecule has 0 saturated heterocycles. The maximum Gasteiger partial charge on any atom is 0.145 e. The molecule has 1 aliphatic carbocycles. The summed E-state index contributed by atoms with van der Waals surface area (Å²) in [5, 5.41) is 11.0. The Morgan fingerprint density at radius 3 is 2.75 bits per heavy atom. The van der Waals surface area contributed by atoms with Crippen LogP contribution in [0.2, 0.25) is 0 Å². The number of rotatable bonds is 3. The molecule has 0 spiro atoms. The molecule has 1 N–H and O–H groups in total. The molecule has 0 aliphatic heterocycles. The van der Waals surface area contributed by atoms with Crippen LogP contribution in [0.3, 0.4) is 0 Å². The van der Waals surface area contributed by atoms with Gasteiger partial charge >= 0.3 is 0 Å². The van der Waals surface area contributed by atoms with Gasteiger partial charge in [0.05, 0.1) is 0 Å². The van der Waals surface area contributed by atoms with Gasteiger partial charge in [0.25, 0.3) is 0 Å². The number of nitrogens with zero attached hydrogens (tertiary/aromatic N) is 2. The van der Waals surface area contributed by atoms with Gasteiger partial charge in [-0.05, 0) is 56.2 Å². The summed E-state index contributed by atoms with van der Waals surface area (Å²) in [6, 6.07) is 6.40. The molecule has 3 heteroatoms. The third kappa shape index (κ3) is 2.16. The highest BCUT2D eigenvalue weighted by atomic mass is 16.3. The summed E-state index contributed by atoms with van der Waals surface area (Å²) in [6.45, 7) is 4.72. The van der Waals surface area contributed by atoms with E-state index in [1.54, 1.807) is 6.20 Å². The number of imidazole rings is 1. The third-order valence-electron chi connectivity index (χ3n) is 4.40. The van der Waals surface area contributed by atoms with E-state index in [1.807, 2.05) is 17.7 Å². The third-order valence-corrected chi connectivity index (χ3v) is 4.40. The van der Waals surface area contributed by atoms with Gasteiger partial charge in [-0.3, -0.25) is 0 Å². The predicted molar refractivity (Wildman–Crippen MR) is 79.7 cm³/mol. The largest absolute Gasteiger partial charge is 0.377 e. The van der Waals surface area contributed by atoms with Crippen molar-refractivity contribution in [3.05, 3.63) is 53.1 Å². The maximum absolute atomic E-state index is 11.0. The average Bonchev–Trinajstić information content (AvgIpc) is 2.96. The number of aryl methyl sites for hydroxylation is 3. The van der Waals surface area contributed by atoms with Crippen LogP contribution >= 0.6 is 0 Å². The van der Waals surface area contributed by atoms with E-state index < -0.39 is 5.60 Å². The maximum atomic E-state index is 11.0. The quantitative estimate of drug-likeness (QED) is 0.931. The molecule has 3 nitrogen and oxygen atoms in total. The van der Waals surface area contributed by atoms with Crippen molar-refractivity contribution in [3.63, 3.8) is 0 Å². The summed E-state index contributed by atoms with van der Waals surface area (Å²) in [5.74, 6) is 0.718. The molecular formula is C17H22N2O. The van der Waals surface area contributed by atoms with E-state index in [0.29, 0.717) is 0 Å². The predicted octanol–water partition coefficient (Wildman–Crippen LogP) is 3.04. The van der Waals surface area contributed by atoms with E-state index in [-0.39, 0.29) is 0 Å². The highest BCUT2D eigenvalue weighted by Gasteiger charge is 2.30. The van der Waals surface area contributed by atoms with Crippen LogP contribution in [0.4, 0.5) is 0 Å². The lowest BCUT2D eigenvalue weighted by atomic mass is 9.86. The Balaban J connectivity index is 2.03. The van der Waals surface area contributed by atoms with E-state index >= 15 is 0 Å². The Morgan fingerprint density at radius 2 is 2.00 bits per heavy atom. The molecular weight excluding hydrogens is 248 g/mol. The van der Waals surface area contributed by atoms with Crippen LogP contribution in [-0.4, -0.2) is 14.7 Å². The van der Waals surface area contributed by atoms with Crippen molar-refractivity contribution in [2.75, 3.05) is 0 Å². The van der Waals surface area contributed by atoms with Crippen molar-refractivity contribution in [1.29, 1.82) is 0 Å². The normalized spacial score (nSPS) is 17.6. The molecule has 2 aromatic rings. The van der Waals surface area contributed by atoms with Crippen molar-refractivity contribution >= 4 is 0 Å². The Morgan fingerprint density at radius 1 is 1.25 bits per heavy atom. The lowest BCUT2D eigenvalue weighted by molar-refractivity contribution is 0.0881. The molecule has 0 amide bonds. The van der Waals surface area contributed by atoms with Crippen LogP contribution in [0.25, 0.3) is 0 Å². The standard InChI is InChI=1S/C17H22N2O/c1-3-19-11-10-18-16(19)17(2,20)15-9-8-13-6-4-5-7-14(13)12-15/h8-12,20H,3-7H2,1-2H3. The molecule has 1 aromatic heterocycles. The minimum absolute atomic E-state index is 0.718. The second kappa shape index (κ2) is 5.06. The van der Waals surface area contributed by atoms with Crippen LogP contribution in [0.5, 0.6) is 0 Å². The number of hydrogen-bond donors (Lipinski definition) is 1. The second-order valence-electron chi connectivity index (χ2n) is 5.80. The van der Waals surface area contributed by atoms with Crippen LogP contribution in [-0.2, 0) is 25.0 Å². The molecule has 0 radical (unpaired) electrons. The van der Waals surface area contributed by atoms with Gasteiger partial charge in [0.1, 0.15) is 11.4 Å². The highest BCUT2D eigenvalue weighted by molar-refractivity contribution is 5.38. The van der Waals surface area contributed by atoms with Crippen molar-refractivity contribution in [2.24, 2.45) is 0 Å². The molecule has 0 saturated carbocycles. The SMILES string of the molecule is CCn1ccnc1C(C)(O)c1ccc2c(c1)CCCC2. The van der Waals surface area contributed by atoms with E-state index in [4.69, 9.17) is 0 Å². The van der Waals surface area contributed by atoms with Crippen LogP contribution < -0.4 is 0 Å². The van der Waals surface area contributed by atoms with Gasteiger partial charge in [0.2, 0.25) is 0 Å². The Kier molecular flexibility index (Phi) is 3.38. The first-order chi connectivity index (χ1) is 9.63. The van der Waals surface area contributed by atoms with E-state index in [1.165, 1.54) is 30.4 Å². The molecule has 3 rings (SSSR count). The Labute approximate surface area is 120 Å². The summed E-state index contributed by atoms with van der Waals surface area (Å²) in [5.41, 5.74) is 2.74. The summed E-state index contributed by atoms with van der Waals surface area (Å²) < 4.78 is 2.00. The van der Waals surface area contributed by atoms with Crippen LogP contribution in [0.1, 0.15) is 49.2 Å². The van der Waals surface area contributed by atoms with Crippen LogP contribution in [0, 0.1) is 0 Å². The summed E-state index contributed by atoms with van der Waals surface area (Å²) in [7, 11) is 0. The molecule has 0 fully saturated rings. The lowest BCUT2D eigenvalue weighted by Crippen LogP contribution is -2.28. The summed E-state index contributed by atoms with van der Waals surface area (Å²) >= 11 is 0. The number of hydrogen-bond acceptors (Lipinski definition) is 2. The van der Waals surface area contributed by atoms with Crippen molar-refractivity contribution in [1.82, 2.24) is 9.55 Å². The first kappa shape index (κ1) is 13.4. The smallest absolute Gasteiger partial charge is 0.145 e. The minimum Gasteiger partial charge on any atom is -0.377 e. The van der Waals surface area contributed by atoms with E-state index in [9.17, 15) is 5.11 Å². The fraction of sp³-hybridized carbons (Fsp3) is 0.471. The molecule has 1 heterocycles. The van der Waals surface area contributed by atoms with Crippen molar-refractivity contribution < 1.29 is 5.11 Å². The fourth-order valence-corrected chi connectivity index (χ4v) is 3.16. The van der Waals surface area contributed by atoms with Crippen molar-refractivity contribution in [3.8, 4) is 0 Å². The summed E-state index contributed by atoms with van der Waals surface area (Å²) in [4.78, 5) is 4.36. The minimum atomic E-state index is -1.04. The molecule has 1 aliphatic rings. The topological polar surface area (TPSA) is 38.0 Å². The zero-order valence-electron chi connectivity index (χ0n) is 12.3. The molecule has 1 atom stereocenters. The fourth-order valence-electron chi connectivity index (χ4n) is 3.16. The van der Waals surface area contributed by atoms with Gasteiger partial charge in [0.15, 0.2) is 0 Å². The van der Waals surface area contributed by atoms with Gasteiger partial charge in [-0.25, -0.2) is 4.98 Å². The first-order valence-corrected chi connectivity index (χ1v) is 7.49. The monoisotopic (exact) mass is 270 g/mol. The number of aliphatic hydroxyl groups is 1. The zero-order valence-corrected chi connectivity index (χ0v) is 12.3. The molecule has 1 unspecified atom stereocenters. The Bertz CT molecular complexity index is 613. The zero-order chi connectivity index (χ0) is 14.2. The van der Waals surface area contributed by atoms with Gasteiger partial charge < -0.3 is 9.67 Å². The summed E-state index contributed by atoms with van der Waals surface area (Å²) in [6.07, 6.45) is 8.50. The van der Waals surface area contributed by atoms with Gasteiger partial charge in [-0.15, -0.1) is 0 Å². The Hall–Kier alpha value is -1.61. The van der Waals surface area contributed by atoms with E-state index in [2.05, 4.69) is 30.1 Å². The second-order valence-corrected chi connectivity index (χ2v) is 5.80. The van der Waals surface area contributed by atoms with Gasteiger partial charge in [-0.2, -0.15) is 0 Å². The molecule has 106 valence electrons. The van der Waals surface area contributed by atoms with Gasteiger partial charge in [-0.1, -0.05) is 18.2 Å². The van der Waals surface area contributed by atoms with Gasteiger partial charge in [0, 0.05) is 18.9 Å². The highest BCUT2D eigenvalue weighted by Crippen LogP contribution is 2.31. The first-order valence-electron chi connectivity index (χ1n) is 7.49. The number of benzene rings is 1.